The molecular formula is C15H28N2O2. The molecular weight excluding hydrogens is 240 g/mol. The molecule has 4 nitrogen and oxygen atoms in total. The first-order valence-electron chi connectivity index (χ1n) is 7.54. The van der Waals surface area contributed by atoms with Crippen LogP contribution in [-0.4, -0.2) is 34.8 Å². The molecule has 3 unspecified atom stereocenters. The molecule has 1 aliphatic rings. The summed E-state index contributed by atoms with van der Waals surface area (Å²) >= 11 is 0. The minimum Gasteiger partial charge on any atom is -0.343 e. The molecule has 0 saturated carbocycles. The third-order valence-corrected chi connectivity index (χ3v) is 3.94. The van der Waals surface area contributed by atoms with Crippen LogP contribution in [0.5, 0.6) is 0 Å². The second-order valence-electron chi connectivity index (χ2n) is 5.96. The zero-order valence-corrected chi connectivity index (χ0v) is 12.9. The Morgan fingerprint density at radius 3 is 2.21 bits per heavy atom. The topological polar surface area (TPSA) is 49.4 Å². The van der Waals surface area contributed by atoms with E-state index in [0.717, 1.165) is 12.8 Å². The van der Waals surface area contributed by atoms with Crippen LogP contribution in [0.1, 0.15) is 60.3 Å². The Bertz CT molecular complexity index is 328. The van der Waals surface area contributed by atoms with Gasteiger partial charge in [0.05, 0.1) is 0 Å². The SMILES string of the molecule is CCC1NC(=O)C(CC)N(C(C)CCC(C)C)C1=O. The summed E-state index contributed by atoms with van der Waals surface area (Å²) in [5.41, 5.74) is 0. The van der Waals surface area contributed by atoms with Gasteiger partial charge in [-0.3, -0.25) is 9.59 Å². The molecule has 0 spiro atoms. The molecule has 2 amide bonds. The highest BCUT2D eigenvalue weighted by Gasteiger charge is 2.40. The number of amides is 2. The average Bonchev–Trinajstić information content (AvgIpc) is 2.37. The quantitative estimate of drug-likeness (QED) is 0.803. The van der Waals surface area contributed by atoms with Crippen LogP contribution in [0.25, 0.3) is 0 Å². The molecule has 4 heteroatoms. The summed E-state index contributed by atoms with van der Waals surface area (Å²) in [5, 5.41) is 2.84. The number of hydrogen-bond donors (Lipinski definition) is 1. The van der Waals surface area contributed by atoms with Crippen molar-refractivity contribution in [1.82, 2.24) is 10.2 Å². The van der Waals surface area contributed by atoms with Gasteiger partial charge in [-0.25, -0.2) is 0 Å². The van der Waals surface area contributed by atoms with Crippen LogP contribution < -0.4 is 5.32 Å². The molecule has 0 radical (unpaired) electrons. The molecule has 0 aromatic heterocycles. The van der Waals surface area contributed by atoms with E-state index in [2.05, 4.69) is 26.1 Å². The van der Waals surface area contributed by atoms with Crippen LogP contribution >= 0.6 is 0 Å². The van der Waals surface area contributed by atoms with Crippen molar-refractivity contribution < 1.29 is 9.59 Å². The molecule has 0 bridgehead atoms. The lowest BCUT2D eigenvalue weighted by Gasteiger charge is -2.42. The molecule has 19 heavy (non-hydrogen) atoms. The normalized spacial score (nSPS) is 25.7. The van der Waals surface area contributed by atoms with Crippen molar-refractivity contribution in [2.75, 3.05) is 0 Å². The van der Waals surface area contributed by atoms with Gasteiger partial charge in [-0.1, -0.05) is 27.7 Å². The summed E-state index contributed by atoms with van der Waals surface area (Å²) in [7, 11) is 0. The molecule has 1 rings (SSSR count). The van der Waals surface area contributed by atoms with Gasteiger partial charge >= 0.3 is 0 Å². The minimum absolute atomic E-state index is 0.00495. The second-order valence-corrected chi connectivity index (χ2v) is 5.96. The van der Waals surface area contributed by atoms with Crippen molar-refractivity contribution in [3.8, 4) is 0 Å². The summed E-state index contributed by atoms with van der Waals surface area (Å²) in [6, 6.07) is -0.491. The zero-order chi connectivity index (χ0) is 14.6. The summed E-state index contributed by atoms with van der Waals surface area (Å²) in [6.07, 6.45) is 3.39. The maximum absolute atomic E-state index is 12.5. The Kier molecular flexibility index (Phi) is 5.83. The second kappa shape index (κ2) is 6.92. The third kappa shape index (κ3) is 3.71. The van der Waals surface area contributed by atoms with Crippen LogP contribution in [0.2, 0.25) is 0 Å². The van der Waals surface area contributed by atoms with Crippen LogP contribution in [0.3, 0.4) is 0 Å². The third-order valence-electron chi connectivity index (χ3n) is 3.94. The lowest BCUT2D eigenvalue weighted by Crippen LogP contribution is -2.65. The summed E-state index contributed by atoms with van der Waals surface area (Å²) in [5.74, 6) is 0.716. The van der Waals surface area contributed by atoms with Gasteiger partial charge in [-0.05, 0) is 38.5 Å². The van der Waals surface area contributed by atoms with Gasteiger partial charge in [-0.15, -0.1) is 0 Å². The van der Waals surface area contributed by atoms with Crippen molar-refractivity contribution in [2.24, 2.45) is 5.92 Å². The van der Waals surface area contributed by atoms with E-state index in [4.69, 9.17) is 0 Å². The zero-order valence-electron chi connectivity index (χ0n) is 12.9. The van der Waals surface area contributed by atoms with Crippen molar-refractivity contribution >= 4 is 11.8 Å². The highest BCUT2D eigenvalue weighted by molar-refractivity contribution is 5.97. The van der Waals surface area contributed by atoms with Crippen molar-refractivity contribution in [2.45, 2.75) is 78.4 Å². The molecule has 1 heterocycles. The fourth-order valence-electron chi connectivity index (χ4n) is 2.69. The Morgan fingerprint density at radius 2 is 1.74 bits per heavy atom. The van der Waals surface area contributed by atoms with E-state index in [9.17, 15) is 9.59 Å². The van der Waals surface area contributed by atoms with Crippen molar-refractivity contribution in [1.29, 1.82) is 0 Å². The van der Waals surface area contributed by atoms with Crippen LogP contribution in [0.15, 0.2) is 0 Å². The molecule has 0 aromatic rings. The summed E-state index contributed by atoms with van der Waals surface area (Å²) in [4.78, 5) is 26.4. The summed E-state index contributed by atoms with van der Waals surface area (Å²) in [6.45, 7) is 10.3. The van der Waals surface area contributed by atoms with Gasteiger partial charge in [-0.2, -0.15) is 0 Å². The first-order chi connectivity index (χ1) is 8.92. The number of nitrogens with zero attached hydrogens (tertiary/aromatic N) is 1. The van der Waals surface area contributed by atoms with E-state index >= 15 is 0 Å². The highest BCUT2D eigenvalue weighted by atomic mass is 16.2. The standard InChI is InChI=1S/C15H28N2O2/c1-6-12-15(19)17(11(5)9-8-10(3)4)13(7-2)14(18)16-12/h10-13H,6-9H2,1-5H3,(H,16,18). The number of piperazine rings is 1. The van der Waals surface area contributed by atoms with Crippen LogP contribution in [0.4, 0.5) is 0 Å². The molecule has 1 N–H and O–H groups in total. The van der Waals surface area contributed by atoms with E-state index in [1.807, 2.05) is 18.7 Å². The lowest BCUT2D eigenvalue weighted by atomic mass is 9.97. The number of nitrogens with one attached hydrogen (secondary N) is 1. The first kappa shape index (κ1) is 16.0. The smallest absolute Gasteiger partial charge is 0.246 e. The minimum atomic E-state index is -0.336. The fraction of sp³-hybridized carbons (Fsp3) is 0.867. The van der Waals surface area contributed by atoms with Gasteiger partial charge in [0, 0.05) is 6.04 Å². The van der Waals surface area contributed by atoms with Crippen molar-refractivity contribution in [3.05, 3.63) is 0 Å². The lowest BCUT2D eigenvalue weighted by molar-refractivity contribution is -0.152. The maximum Gasteiger partial charge on any atom is 0.246 e. The van der Waals surface area contributed by atoms with E-state index < -0.39 is 0 Å². The molecule has 1 saturated heterocycles. The van der Waals surface area contributed by atoms with Crippen LogP contribution in [-0.2, 0) is 9.59 Å². The Labute approximate surface area is 116 Å². The van der Waals surface area contributed by atoms with Crippen LogP contribution in [0, 0.1) is 5.92 Å². The first-order valence-corrected chi connectivity index (χ1v) is 7.54. The number of hydrogen-bond acceptors (Lipinski definition) is 2. The fourth-order valence-corrected chi connectivity index (χ4v) is 2.69. The molecule has 1 fully saturated rings. The van der Waals surface area contributed by atoms with Gasteiger partial charge < -0.3 is 10.2 Å². The number of carbonyl (C=O) groups excluding carboxylic acids is 2. The molecule has 0 aromatic carbocycles. The molecule has 110 valence electrons. The molecule has 3 atom stereocenters. The van der Waals surface area contributed by atoms with Gasteiger partial charge in [0.1, 0.15) is 12.1 Å². The number of rotatable bonds is 6. The van der Waals surface area contributed by atoms with Crippen molar-refractivity contribution in [3.63, 3.8) is 0 Å². The van der Waals surface area contributed by atoms with E-state index in [0.29, 0.717) is 18.8 Å². The predicted molar refractivity (Wildman–Crippen MR) is 76.7 cm³/mol. The Balaban J connectivity index is 2.83. The number of carbonyl (C=O) groups is 2. The van der Waals surface area contributed by atoms with E-state index in [-0.39, 0.29) is 29.9 Å². The average molecular weight is 268 g/mol. The Hall–Kier alpha value is -1.06. The predicted octanol–water partition coefficient (Wildman–Crippen LogP) is 2.33. The van der Waals surface area contributed by atoms with Gasteiger partial charge in [0.25, 0.3) is 0 Å². The summed E-state index contributed by atoms with van der Waals surface area (Å²) < 4.78 is 0. The van der Waals surface area contributed by atoms with Gasteiger partial charge in [0.2, 0.25) is 11.8 Å². The largest absolute Gasteiger partial charge is 0.343 e. The van der Waals surface area contributed by atoms with Gasteiger partial charge in [0.15, 0.2) is 0 Å². The highest BCUT2D eigenvalue weighted by Crippen LogP contribution is 2.21. The molecule has 1 aliphatic heterocycles. The van der Waals surface area contributed by atoms with E-state index in [1.54, 1.807) is 0 Å². The maximum atomic E-state index is 12.5. The van der Waals surface area contributed by atoms with E-state index in [1.165, 1.54) is 0 Å². The monoisotopic (exact) mass is 268 g/mol. The Morgan fingerprint density at radius 1 is 1.11 bits per heavy atom. The molecule has 0 aliphatic carbocycles.